The molecule has 0 saturated heterocycles. The summed E-state index contributed by atoms with van der Waals surface area (Å²) < 4.78 is 5.12. The molecule has 0 atom stereocenters. The van der Waals surface area contributed by atoms with Gasteiger partial charge in [-0.1, -0.05) is 18.2 Å². The molecular weight excluding hydrogens is 312 g/mol. The van der Waals surface area contributed by atoms with E-state index in [2.05, 4.69) is 4.99 Å². The molecule has 2 aromatic carbocycles. The highest BCUT2D eigenvalue weighted by molar-refractivity contribution is 8.15. The zero-order chi connectivity index (χ0) is 16.0. The standard InChI is InChI=1S/C17H12N2O3S/c1-22-11-7-5-10(6-8-11)9-12-16(21)19-15-13(20)3-2-4-14(15)23-17(19)18-12/h2-9,20H,1H3/b12-9-. The van der Waals surface area contributed by atoms with Gasteiger partial charge in [-0.15, -0.1) is 0 Å². The molecule has 1 N–H and O–H groups in total. The summed E-state index contributed by atoms with van der Waals surface area (Å²) in [4.78, 5) is 19.3. The third-order valence-electron chi connectivity index (χ3n) is 3.65. The van der Waals surface area contributed by atoms with Crippen molar-refractivity contribution in [3.63, 3.8) is 0 Å². The van der Waals surface area contributed by atoms with E-state index in [9.17, 15) is 9.90 Å². The number of amidine groups is 1. The highest BCUT2D eigenvalue weighted by atomic mass is 32.2. The van der Waals surface area contributed by atoms with Crippen LogP contribution >= 0.6 is 11.8 Å². The van der Waals surface area contributed by atoms with Crippen molar-refractivity contribution in [1.82, 2.24) is 0 Å². The average Bonchev–Trinajstić information content (AvgIpc) is 3.06. The maximum absolute atomic E-state index is 12.6. The molecule has 5 nitrogen and oxygen atoms in total. The summed E-state index contributed by atoms with van der Waals surface area (Å²) in [7, 11) is 1.61. The molecule has 0 bridgehead atoms. The number of phenols is 1. The number of aliphatic imine (C=N–C) groups is 1. The van der Waals surface area contributed by atoms with Crippen LogP contribution in [-0.2, 0) is 4.79 Å². The number of aromatic hydroxyl groups is 1. The van der Waals surface area contributed by atoms with Gasteiger partial charge in [0.1, 0.15) is 22.9 Å². The molecule has 6 heteroatoms. The Balaban J connectivity index is 1.70. The molecule has 0 spiro atoms. The molecule has 4 rings (SSSR count). The van der Waals surface area contributed by atoms with Crippen LogP contribution in [0.3, 0.4) is 0 Å². The molecule has 2 aliphatic rings. The quantitative estimate of drug-likeness (QED) is 0.862. The number of hydrogen-bond donors (Lipinski definition) is 1. The minimum absolute atomic E-state index is 0.0826. The molecule has 0 aliphatic carbocycles. The summed E-state index contributed by atoms with van der Waals surface area (Å²) in [6.45, 7) is 0. The lowest BCUT2D eigenvalue weighted by atomic mass is 10.2. The topological polar surface area (TPSA) is 62.1 Å². The SMILES string of the molecule is COc1ccc(/C=C2\N=C3Sc4cccc(O)c4N3C2=O)cc1. The van der Waals surface area contributed by atoms with Gasteiger partial charge in [0, 0.05) is 4.90 Å². The predicted octanol–water partition coefficient (Wildman–Crippen LogP) is 3.25. The number of amides is 1. The summed E-state index contributed by atoms with van der Waals surface area (Å²) in [6, 6.07) is 12.6. The number of benzene rings is 2. The van der Waals surface area contributed by atoms with Gasteiger partial charge in [0.15, 0.2) is 5.17 Å². The second-order valence-electron chi connectivity index (χ2n) is 5.06. The largest absolute Gasteiger partial charge is 0.506 e. The van der Waals surface area contributed by atoms with Crippen LogP contribution in [0.2, 0.25) is 0 Å². The van der Waals surface area contributed by atoms with Gasteiger partial charge in [-0.2, -0.15) is 0 Å². The molecule has 0 fully saturated rings. The lowest BCUT2D eigenvalue weighted by Crippen LogP contribution is -2.26. The number of ether oxygens (including phenoxy) is 1. The van der Waals surface area contributed by atoms with Crippen LogP contribution in [0.4, 0.5) is 5.69 Å². The number of carbonyl (C=O) groups excluding carboxylic acids is 1. The van der Waals surface area contributed by atoms with Gasteiger partial charge in [-0.3, -0.25) is 4.79 Å². The molecule has 0 saturated carbocycles. The predicted molar refractivity (Wildman–Crippen MR) is 89.9 cm³/mol. The van der Waals surface area contributed by atoms with Crippen LogP contribution in [-0.4, -0.2) is 23.3 Å². The van der Waals surface area contributed by atoms with Crippen molar-refractivity contribution >= 4 is 34.6 Å². The van der Waals surface area contributed by atoms with Crippen LogP contribution in [0.1, 0.15) is 5.56 Å². The van der Waals surface area contributed by atoms with Gasteiger partial charge in [-0.05, 0) is 47.7 Å². The number of carbonyl (C=O) groups is 1. The van der Waals surface area contributed by atoms with Crippen molar-refractivity contribution in [2.75, 3.05) is 12.0 Å². The molecule has 23 heavy (non-hydrogen) atoms. The number of methoxy groups -OCH3 is 1. The van der Waals surface area contributed by atoms with Gasteiger partial charge >= 0.3 is 0 Å². The normalized spacial score (nSPS) is 17.3. The fourth-order valence-corrected chi connectivity index (χ4v) is 3.58. The molecule has 2 aromatic rings. The number of thioether (sulfide) groups is 1. The number of anilines is 1. The van der Waals surface area contributed by atoms with Crippen molar-refractivity contribution in [1.29, 1.82) is 0 Å². The summed E-state index contributed by atoms with van der Waals surface area (Å²) in [6.07, 6.45) is 1.73. The van der Waals surface area contributed by atoms with E-state index in [1.54, 1.807) is 25.3 Å². The first-order valence-electron chi connectivity index (χ1n) is 6.96. The van der Waals surface area contributed by atoms with E-state index in [1.165, 1.54) is 16.7 Å². The van der Waals surface area contributed by atoms with Gasteiger partial charge in [0.05, 0.1) is 7.11 Å². The highest BCUT2D eigenvalue weighted by Crippen LogP contribution is 2.48. The lowest BCUT2D eigenvalue weighted by molar-refractivity contribution is -0.113. The van der Waals surface area contributed by atoms with Gasteiger partial charge in [-0.25, -0.2) is 9.89 Å². The van der Waals surface area contributed by atoms with E-state index in [0.717, 1.165) is 16.2 Å². The van der Waals surface area contributed by atoms with Crippen LogP contribution in [0.15, 0.2) is 58.0 Å². The number of rotatable bonds is 2. The Bertz CT molecular complexity index is 872. The maximum atomic E-state index is 12.6. The van der Waals surface area contributed by atoms with E-state index < -0.39 is 0 Å². The lowest BCUT2D eigenvalue weighted by Gasteiger charge is -2.11. The Hall–Kier alpha value is -2.73. The van der Waals surface area contributed by atoms with Crippen LogP contribution in [0.5, 0.6) is 11.5 Å². The molecule has 0 unspecified atom stereocenters. The minimum atomic E-state index is -0.233. The van der Waals surface area contributed by atoms with E-state index in [4.69, 9.17) is 4.74 Å². The maximum Gasteiger partial charge on any atom is 0.283 e. The number of phenolic OH excluding ortho intramolecular Hbond substituents is 1. The summed E-state index contributed by atoms with van der Waals surface area (Å²) >= 11 is 1.38. The second kappa shape index (κ2) is 5.17. The number of hydrogen-bond acceptors (Lipinski definition) is 5. The van der Waals surface area contributed by atoms with Crippen molar-refractivity contribution in [2.45, 2.75) is 4.90 Å². The number of para-hydroxylation sites is 1. The minimum Gasteiger partial charge on any atom is -0.506 e. The Kier molecular flexibility index (Phi) is 3.12. The van der Waals surface area contributed by atoms with Gasteiger partial charge in [0.2, 0.25) is 0 Å². The smallest absolute Gasteiger partial charge is 0.283 e. The first-order chi connectivity index (χ1) is 11.2. The zero-order valence-electron chi connectivity index (χ0n) is 12.2. The summed E-state index contributed by atoms with van der Waals surface area (Å²) in [5.74, 6) is 0.606. The van der Waals surface area contributed by atoms with E-state index in [0.29, 0.717) is 16.6 Å². The fraction of sp³-hybridized carbons (Fsp3) is 0.0588. The van der Waals surface area contributed by atoms with Crippen LogP contribution in [0.25, 0.3) is 6.08 Å². The number of fused-ring (bicyclic) bond motifs is 3. The molecule has 114 valence electrons. The first kappa shape index (κ1) is 13.9. The van der Waals surface area contributed by atoms with E-state index >= 15 is 0 Å². The van der Waals surface area contributed by atoms with E-state index in [-0.39, 0.29) is 11.7 Å². The van der Waals surface area contributed by atoms with E-state index in [1.807, 2.05) is 30.3 Å². The average molecular weight is 324 g/mol. The van der Waals surface area contributed by atoms with Crippen molar-refractivity contribution in [3.05, 3.63) is 53.7 Å². The summed E-state index contributed by atoms with van der Waals surface area (Å²) in [5.41, 5.74) is 1.73. The molecule has 0 radical (unpaired) electrons. The third kappa shape index (κ3) is 2.19. The highest BCUT2D eigenvalue weighted by Gasteiger charge is 2.40. The summed E-state index contributed by atoms with van der Waals surface area (Å²) in [5, 5.41) is 10.6. The van der Waals surface area contributed by atoms with Gasteiger partial charge in [0.25, 0.3) is 5.91 Å². The van der Waals surface area contributed by atoms with Crippen LogP contribution < -0.4 is 9.64 Å². The Morgan fingerprint density at radius 3 is 2.74 bits per heavy atom. The van der Waals surface area contributed by atoms with Crippen LogP contribution in [0, 0.1) is 0 Å². The van der Waals surface area contributed by atoms with Crippen molar-refractivity contribution in [3.8, 4) is 11.5 Å². The first-order valence-corrected chi connectivity index (χ1v) is 7.78. The van der Waals surface area contributed by atoms with Crippen molar-refractivity contribution < 1.29 is 14.6 Å². The molecular formula is C17H12N2O3S. The molecule has 2 aliphatic heterocycles. The van der Waals surface area contributed by atoms with Gasteiger partial charge < -0.3 is 9.84 Å². The second-order valence-corrected chi connectivity index (χ2v) is 6.07. The molecule has 0 aromatic heterocycles. The third-order valence-corrected chi connectivity index (χ3v) is 4.66. The van der Waals surface area contributed by atoms with Crippen molar-refractivity contribution in [2.24, 2.45) is 4.99 Å². The molecule has 1 amide bonds. The molecule has 2 heterocycles. The monoisotopic (exact) mass is 324 g/mol. The zero-order valence-corrected chi connectivity index (χ0v) is 13.0. The Labute approximate surface area is 136 Å². The Morgan fingerprint density at radius 1 is 1.22 bits per heavy atom. The fourth-order valence-electron chi connectivity index (χ4n) is 2.54. The Morgan fingerprint density at radius 2 is 2.00 bits per heavy atom. The number of nitrogens with zero attached hydrogens (tertiary/aromatic N) is 2.